The van der Waals surface area contributed by atoms with E-state index in [1.807, 2.05) is 23.1 Å². The predicted octanol–water partition coefficient (Wildman–Crippen LogP) is 2.21. The van der Waals surface area contributed by atoms with E-state index in [4.69, 9.17) is 4.74 Å². The highest BCUT2D eigenvalue weighted by Gasteiger charge is 2.48. The van der Waals surface area contributed by atoms with Gasteiger partial charge in [-0.15, -0.1) is 0 Å². The minimum absolute atomic E-state index is 0.0477. The van der Waals surface area contributed by atoms with Crippen LogP contribution in [0.15, 0.2) is 48.5 Å². The van der Waals surface area contributed by atoms with Gasteiger partial charge in [0.15, 0.2) is 0 Å². The third-order valence-electron chi connectivity index (χ3n) is 5.89. The summed E-state index contributed by atoms with van der Waals surface area (Å²) in [6.07, 6.45) is 1.11. The van der Waals surface area contributed by atoms with E-state index in [2.05, 4.69) is 11.4 Å². The van der Waals surface area contributed by atoms with Crippen molar-refractivity contribution in [3.63, 3.8) is 0 Å². The maximum absolute atomic E-state index is 13.2. The maximum atomic E-state index is 13.2. The van der Waals surface area contributed by atoms with Gasteiger partial charge in [-0.2, -0.15) is 0 Å². The summed E-state index contributed by atoms with van der Waals surface area (Å²) in [5, 5.41) is 2.31. The summed E-state index contributed by atoms with van der Waals surface area (Å²) in [5.74, 6) is 0.533. The van der Waals surface area contributed by atoms with Crippen molar-refractivity contribution in [3.8, 4) is 5.75 Å². The van der Waals surface area contributed by atoms with Crippen LogP contribution < -0.4 is 15.0 Å². The number of fused-ring (bicyclic) bond motifs is 1. The van der Waals surface area contributed by atoms with Gasteiger partial charge in [-0.05, 0) is 30.2 Å². The molecule has 4 amide bonds. The number of nitrogens with zero attached hydrogens (tertiary/aromatic N) is 2. The number of benzene rings is 2. The molecule has 1 N–H and O–H groups in total. The minimum Gasteiger partial charge on any atom is -0.493 e. The Bertz CT molecular complexity index is 1010. The number of urea groups is 1. The molecule has 2 aromatic carbocycles. The number of nitrogens with one attached hydrogen (secondary N) is 1. The Kier molecular flexibility index (Phi) is 4.04. The van der Waals surface area contributed by atoms with E-state index < -0.39 is 6.03 Å². The van der Waals surface area contributed by atoms with Crippen molar-refractivity contribution in [2.45, 2.75) is 12.8 Å². The van der Waals surface area contributed by atoms with Gasteiger partial charge in [-0.3, -0.25) is 19.8 Å². The molecule has 3 heterocycles. The molecule has 3 aliphatic heterocycles. The molecule has 0 bridgehead atoms. The molecule has 29 heavy (non-hydrogen) atoms. The molecular weight excluding hydrogens is 370 g/mol. The number of carbonyl (C=O) groups excluding carboxylic acids is 3. The topological polar surface area (TPSA) is 79.0 Å². The zero-order chi connectivity index (χ0) is 20.0. The number of carbonyl (C=O) groups is 3. The van der Waals surface area contributed by atoms with Gasteiger partial charge >= 0.3 is 6.03 Å². The molecule has 5 rings (SSSR count). The smallest absolute Gasteiger partial charge is 0.328 e. The van der Waals surface area contributed by atoms with E-state index in [1.165, 1.54) is 10.5 Å². The first-order valence-corrected chi connectivity index (χ1v) is 9.75. The van der Waals surface area contributed by atoms with Crippen LogP contribution in [0, 0.1) is 5.41 Å². The highest BCUT2D eigenvalue weighted by atomic mass is 16.5. The van der Waals surface area contributed by atoms with Gasteiger partial charge in [0.2, 0.25) is 5.91 Å². The van der Waals surface area contributed by atoms with Crippen LogP contribution in [0.4, 0.5) is 10.5 Å². The largest absolute Gasteiger partial charge is 0.493 e. The minimum atomic E-state index is -0.487. The lowest BCUT2D eigenvalue weighted by Gasteiger charge is -2.52. The monoisotopic (exact) mass is 391 g/mol. The number of ether oxygens (including phenoxy) is 1. The first-order chi connectivity index (χ1) is 14.0. The Labute approximate surface area is 168 Å². The van der Waals surface area contributed by atoms with Crippen LogP contribution in [-0.4, -0.2) is 49.0 Å². The van der Waals surface area contributed by atoms with Crippen LogP contribution in [0.2, 0.25) is 0 Å². The molecule has 7 nitrogen and oxygen atoms in total. The first kappa shape index (κ1) is 17.7. The summed E-state index contributed by atoms with van der Waals surface area (Å²) in [7, 11) is 0. The van der Waals surface area contributed by atoms with Crippen LogP contribution in [-0.2, 0) is 11.2 Å². The molecule has 0 saturated carbocycles. The van der Waals surface area contributed by atoms with Crippen LogP contribution >= 0.6 is 0 Å². The summed E-state index contributed by atoms with van der Waals surface area (Å²) < 4.78 is 5.93. The third kappa shape index (κ3) is 3.03. The molecule has 3 aliphatic rings. The maximum Gasteiger partial charge on any atom is 0.328 e. The van der Waals surface area contributed by atoms with Gasteiger partial charge < -0.3 is 9.64 Å². The summed E-state index contributed by atoms with van der Waals surface area (Å²) in [4.78, 5) is 40.2. The van der Waals surface area contributed by atoms with Gasteiger partial charge in [0.1, 0.15) is 5.75 Å². The van der Waals surface area contributed by atoms with E-state index >= 15 is 0 Å². The molecule has 0 aliphatic carbocycles. The van der Waals surface area contributed by atoms with Crippen molar-refractivity contribution < 1.29 is 19.1 Å². The van der Waals surface area contributed by atoms with Gasteiger partial charge in [-0.25, -0.2) is 4.79 Å². The van der Waals surface area contributed by atoms with Crippen molar-refractivity contribution in [1.82, 2.24) is 10.2 Å². The second-order valence-electron chi connectivity index (χ2n) is 8.01. The molecule has 0 radical (unpaired) electrons. The van der Waals surface area contributed by atoms with E-state index in [9.17, 15) is 14.4 Å². The summed E-state index contributed by atoms with van der Waals surface area (Å²) >= 11 is 0. The summed E-state index contributed by atoms with van der Waals surface area (Å²) in [6.45, 7) is 2.12. The lowest BCUT2D eigenvalue weighted by atomic mass is 9.73. The average Bonchev–Trinajstić information content (AvgIpc) is 2.71. The predicted molar refractivity (Wildman–Crippen MR) is 106 cm³/mol. The van der Waals surface area contributed by atoms with Gasteiger partial charge in [0, 0.05) is 31.5 Å². The van der Waals surface area contributed by atoms with Crippen LogP contribution in [0.3, 0.4) is 0 Å². The first-order valence-electron chi connectivity index (χ1n) is 9.75. The number of imide groups is 1. The normalized spacial score (nSPS) is 19.9. The molecule has 2 fully saturated rings. The Morgan fingerprint density at radius 2 is 1.79 bits per heavy atom. The molecule has 7 heteroatoms. The summed E-state index contributed by atoms with van der Waals surface area (Å²) in [5.41, 5.74) is 2.15. The highest BCUT2D eigenvalue weighted by Crippen LogP contribution is 2.41. The Balaban J connectivity index is 1.33. The lowest BCUT2D eigenvalue weighted by molar-refractivity contribution is -0.120. The Morgan fingerprint density at radius 3 is 2.62 bits per heavy atom. The standard InChI is InChI=1S/C22H21N3O4/c26-19-9-10-25(21(28)23-19)17-7-3-2-6-16(17)20(27)24-12-22(13-24)11-15-5-1-4-8-18(15)29-14-22/h1-8H,9-14H2,(H,23,26,28). The molecule has 2 saturated heterocycles. The van der Waals surface area contributed by atoms with Gasteiger partial charge in [-0.1, -0.05) is 30.3 Å². The molecule has 148 valence electrons. The van der Waals surface area contributed by atoms with E-state index in [0.717, 1.165) is 12.2 Å². The highest BCUT2D eigenvalue weighted by molar-refractivity contribution is 6.09. The molecule has 2 aromatic rings. The number of anilines is 1. The molecular formula is C22H21N3O4. The van der Waals surface area contributed by atoms with E-state index in [0.29, 0.717) is 30.9 Å². The molecule has 0 atom stereocenters. The fraction of sp³-hybridized carbons (Fsp3) is 0.318. The zero-order valence-electron chi connectivity index (χ0n) is 15.9. The molecule has 0 unspecified atom stereocenters. The quantitative estimate of drug-likeness (QED) is 0.851. The van der Waals surface area contributed by atoms with Crippen molar-refractivity contribution >= 4 is 23.5 Å². The third-order valence-corrected chi connectivity index (χ3v) is 5.89. The lowest BCUT2D eigenvalue weighted by Crippen LogP contribution is -2.63. The van der Waals surface area contributed by atoms with Gasteiger partial charge in [0.05, 0.1) is 17.9 Å². The van der Waals surface area contributed by atoms with Gasteiger partial charge in [0.25, 0.3) is 5.91 Å². The number of rotatable bonds is 2. The fourth-order valence-corrected chi connectivity index (χ4v) is 4.44. The Hall–Kier alpha value is -3.35. The number of hydrogen-bond acceptors (Lipinski definition) is 4. The average molecular weight is 391 g/mol. The van der Waals surface area contributed by atoms with Crippen molar-refractivity contribution in [1.29, 1.82) is 0 Å². The number of amides is 4. The number of hydrogen-bond donors (Lipinski definition) is 1. The molecule has 0 aromatic heterocycles. The summed E-state index contributed by atoms with van der Waals surface area (Å²) in [6, 6.07) is 14.6. The van der Waals surface area contributed by atoms with Crippen LogP contribution in [0.1, 0.15) is 22.3 Å². The van der Waals surface area contributed by atoms with E-state index in [-0.39, 0.29) is 30.2 Å². The zero-order valence-corrected chi connectivity index (χ0v) is 15.9. The number of para-hydroxylation sites is 2. The Morgan fingerprint density at radius 1 is 1.03 bits per heavy atom. The second kappa shape index (κ2) is 6.62. The molecule has 1 spiro atoms. The van der Waals surface area contributed by atoms with Crippen LogP contribution in [0.25, 0.3) is 0 Å². The van der Waals surface area contributed by atoms with Crippen molar-refractivity contribution in [3.05, 3.63) is 59.7 Å². The fourth-order valence-electron chi connectivity index (χ4n) is 4.44. The van der Waals surface area contributed by atoms with Crippen molar-refractivity contribution in [2.24, 2.45) is 5.41 Å². The van der Waals surface area contributed by atoms with E-state index in [1.54, 1.807) is 24.3 Å². The number of likely N-dealkylation sites (tertiary alicyclic amines) is 1. The van der Waals surface area contributed by atoms with Crippen molar-refractivity contribution in [2.75, 3.05) is 31.1 Å². The SMILES string of the molecule is O=C1CCN(c2ccccc2C(=O)N2CC3(COc4ccccc4C3)C2)C(=O)N1. The van der Waals surface area contributed by atoms with Crippen LogP contribution in [0.5, 0.6) is 5.75 Å². The second-order valence-corrected chi connectivity index (χ2v) is 8.01.